The number of amides is 1. The zero-order valence-electron chi connectivity index (χ0n) is 16.6. The van der Waals surface area contributed by atoms with Gasteiger partial charge in [-0.05, 0) is 36.4 Å². The van der Waals surface area contributed by atoms with Crippen molar-refractivity contribution < 1.29 is 30.8 Å². The van der Waals surface area contributed by atoms with Crippen LogP contribution in [0.3, 0.4) is 0 Å². The maximum atomic E-state index is 12.8. The molecular weight excluding hydrogens is 467 g/mol. The Morgan fingerprint density at radius 2 is 1.78 bits per heavy atom. The van der Waals surface area contributed by atoms with E-state index in [4.69, 9.17) is 4.42 Å². The molecule has 1 fully saturated rings. The number of halogens is 3. The van der Waals surface area contributed by atoms with Crippen LogP contribution in [0.5, 0.6) is 0 Å². The second-order valence-electron chi connectivity index (χ2n) is 7.11. The number of hydrogen-bond acceptors (Lipinski definition) is 6. The van der Waals surface area contributed by atoms with Crippen LogP contribution in [0.2, 0.25) is 0 Å². The van der Waals surface area contributed by atoms with Crippen molar-refractivity contribution in [3.05, 3.63) is 59.3 Å². The van der Waals surface area contributed by atoms with E-state index in [1.807, 2.05) is 0 Å². The number of carbonyl (C=O) groups excluding carboxylic acids is 1. The number of alkyl halides is 3. The molecule has 0 saturated carbocycles. The summed E-state index contributed by atoms with van der Waals surface area (Å²) in [6, 6.07) is 6.93. The van der Waals surface area contributed by atoms with Gasteiger partial charge < -0.3 is 9.32 Å². The Bertz CT molecular complexity index is 1180. The summed E-state index contributed by atoms with van der Waals surface area (Å²) in [6.07, 6.45) is -2.91. The van der Waals surface area contributed by atoms with E-state index in [1.54, 1.807) is 28.7 Å². The summed E-state index contributed by atoms with van der Waals surface area (Å²) < 4.78 is 70.1. The quantitative estimate of drug-likeness (QED) is 0.553. The van der Waals surface area contributed by atoms with Gasteiger partial charge >= 0.3 is 6.18 Å². The van der Waals surface area contributed by atoms with Gasteiger partial charge in [0.2, 0.25) is 15.9 Å². The lowest BCUT2D eigenvalue weighted by molar-refractivity contribution is -0.137. The van der Waals surface area contributed by atoms with Gasteiger partial charge in [-0.25, -0.2) is 13.4 Å². The molecule has 0 atom stereocenters. The standard InChI is InChI=1S/C20H18F3N3O4S2/c21-20(22,23)14-3-5-16(6-4-14)32(28,29)26-9-7-25(8-10-26)18(27)12-15-13-31-19(24-15)17-2-1-11-30-17/h1-6,11,13H,7-10,12H2. The summed E-state index contributed by atoms with van der Waals surface area (Å²) >= 11 is 1.37. The lowest BCUT2D eigenvalue weighted by Gasteiger charge is -2.34. The Morgan fingerprint density at radius 3 is 2.38 bits per heavy atom. The summed E-state index contributed by atoms with van der Waals surface area (Å²) in [6.45, 7) is 0.495. The molecule has 4 rings (SSSR count). The molecule has 0 N–H and O–H groups in total. The third-order valence-electron chi connectivity index (χ3n) is 5.03. The minimum Gasteiger partial charge on any atom is -0.462 e. The summed E-state index contributed by atoms with van der Waals surface area (Å²) in [7, 11) is -3.95. The van der Waals surface area contributed by atoms with Gasteiger partial charge in [-0.3, -0.25) is 4.79 Å². The van der Waals surface area contributed by atoms with Crippen molar-refractivity contribution in [2.45, 2.75) is 17.5 Å². The van der Waals surface area contributed by atoms with Crippen molar-refractivity contribution in [2.24, 2.45) is 0 Å². The van der Waals surface area contributed by atoms with Crippen LogP contribution in [0.25, 0.3) is 10.8 Å². The second kappa shape index (κ2) is 8.68. The van der Waals surface area contributed by atoms with Gasteiger partial charge in [0.15, 0.2) is 10.8 Å². The molecule has 1 aliphatic heterocycles. The van der Waals surface area contributed by atoms with Crippen LogP contribution >= 0.6 is 11.3 Å². The molecule has 0 unspecified atom stereocenters. The molecule has 2 aromatic heterocycles. The first kappa shape index (κ1) is 22.5. The highest BCUT2D eigenvalue weighted by atomic mass is 32.2. The van der Waals surface area contributed by atoms with E-state index < -0.39 is 21.8 Å². The average Bonchev–Trinajstić information content (AvgIpc) is 3.45. The largest absolute Gasteiger partial charge is 0.462 e. The Labute approximate surface area is 186 Å². The topological polar surface area (TPSA) is 83.7 Å². The maximum Gasteiger partial charge on any atom is 0.416 e. The molecule has 3 aromatic rings. The minimum absolute atomic E-state index is 0.0593. The number of aromatic nitrogens is 1. The number of benzene rings is 1. The summed E-state index contributed by atoms with van der Waals surface area (Å²) in [4.78, 5) is 18.4. The third-order valence-corrected chi connectivity index (χ3v) is 7.85. The summed E-state index contributed by atoms with van der Waals surface area (Å²) in [5.74, 6) is 0.448. The molecule has 7 nitrogen and oxygen atoms in total. The molecule has 1 aliphatic rings. The van der Waals surface area contributed by atoms with E-state index in [-0.39, 0.29) is 43.4 Å². The Hall–Kier alpha value is -2.70. The van der Waals surface area contributed by atoms with Crippen molar-refractivity contribution in [1.82, 2.24) is 14.2 Å². The van der Waals surface area contributed by atoms with Crippen LogP contribution in [-0.2, 0) is 27.4 Å². The molecule has 1 aromatic carbocycles. The van der Waals surface area contributed by atoms with Gasteiger partial charge in [0, 0.05) is 31.6 Å². The van der Waals surface area contributed by atoms with Gasteiger partial charge in [0.05, 0.1) is 28.8 Å². The van der Waals surface area contributed by atoms with Crippen molar-refractivity contribution in [3.63, 3.8) is 0 Å². The van der Waals surface area contributed by atoms with E-state index in [0.717, 1.165) is 24.3 Å². The molecule has 0 spiro atoms. The Balaban J connectivity index is 1.35. The first-order chi connectivity index (χ1) is 15.1. The number of furan rings is 1. The fourth-order valence-corrected chi connectivity index (χ4v) is 5.52. The lowest BCUT2D eigenvalue weighted by atomic mass is 10.2. The van der Waals surface area contributed by atoms with Gasteiger partial charge in [-0.2, -0.15) is 17.5 Å². The van der Waals surface area contributed by atoms with Gasteiger partial charge in [-0.1, -0.05) is 0 Å². The first-order valence-corrected chi connectivity index (χ1v) is 11.9. The Kier molecular flexibility index (Phi) is 6.10. The van der Waals surface area contributed by atoms with E-state index in [9.17, 15) is 26.4 Å². The van der Waals surface area contributed by atoms with Crippen LogP contribution < -0.4 is 0 Å². The summed E-state index contributed by atoms with van der Waals surface area (Å²) in [5.41, 5.74) is -0.310. The van der Waals surface area contributed by atoms with Crippen LogP contribution in [0.15, 0.2) is 57.4 Å². The van der Waals surface area contributed by atoms with Crippen LogP contribution in [-0.4, -0.2) is 54.7 Å². The maximum absolute atomic E-state index is 12.8. The number of hydrogen-bond donors (Lipinski definition) is 0. The number of piperazine rings is 1. The molecule has 170 valence electrons. The zero-order valence-corrected chi connectivity index (χ0v) is 18.2. The number of thiazole rings is 1. The molecule has 1 saturated heterocycles. The lowest BCUT2D eigenvalue weighted by Crippen LogP contribution is -2.50. The average molecular weight is 486 g/mol. The molecule has 1 amide bonds. The Morgan fingerprint density at radius 1 is 1.09 bits per heavy atom. The van der Waals surface area contributed by atoms with Crippen molar-refractivity contribution in [2.75, 3.05) is 26.2 Å². The highest BCUT2D eigenvalue weighted by Gasteiger charge is 2.33. The molecule has 12 heteroatoms. The van der Waals surface area contributed by atoms with Crippen molar-refractivity contribution >= 4 is 27.3 Å². The fourth-order valence-electron chi connectivity index (χ4n) is 3.31. The predicted molar refractivity (Wildman–Crippen MR) is 110 cm³/mol. The van der Waals surface area contributed by atoms with Crippen LogP contribution in [0, 0.1) is 0 Å². The molecule has 32 heavy (non-hydrogen) atoms. The zero-order chi connectivity index (χ0) is 22.9. The van der Waals surface area contributed by atoms with Gasteiger partial charge in [-0.15, -0.1) is 11.3 Å². The summed E-state index contributed by atoms with van der Waals surface area (Å²) in [5, 5.41) is 2.45. The molecule has 0 aliphatic carbocycles. The van der Waals surface area contributed by atoms with E-state index in [2.05, 4.69) is 4.98 Å². The SMILES string of the molecule is O=C(Cc1csc(-c2ccco2)n1)N1CCN(S(=O)(=O)c2ccc(C(F)(F)F)cc2)CC1. The van der Waals surface area contributed by atoms with Crippen molar-refractivity contribution in [3.8, 4) is 10.8 Å². The smallest absolute Gasteiger partial charge is 0.416 e. The normalized spacial score (nSPS) is 15.8. The van der Waals surface area contributed by atoms with Crippen molar-refractivity contribution in [1.29, 1.82) is 0 Å². The van der Waals surface area contributed by atoms with E-state index >= 15 is 0 Å². The molecule has 3 heterocycles. The second-order valence-corrected chi connectivity index (χ2v) is 9.90. The van der Waals surface area contributed by atoms with Crippen LogP contribution in [0.1, 0.15) is 11.3 Å². The van der Waals surface area contributed by atoms with Gasteiger partial charge in [0.25, 0.3) is 0 Å². The molecular formula is C20H18F3N3O4S2. The number of carbonyl (C=O) groups is 1. The number of nitrogens with zero attached hydrogens (tertiary/aromatic N) is 3. The predicted octanol–water partition coefficient (Wildman–Crippen LogP) is 3.50. The monoisotopic (exact) mass is 485 g/mol. The number of sulfonamides is 1. The van der Waals surface area contributed by atoms with Crippen LogP contribution in [0.4, 0.5) is 13.2 Å². The highest BCUT2D eigenvalue weighted by molar-refractivity contribution is 7.89. The van der Waals surface area contributed by atoms with E-state index in [1.165, 1.54) is 15.6 Å². The minimum atomic E-state index is -4.54. The highest BCUT2D eigenvalue weighted by Crippen LogP contribution is 2.30. The number of rotatable bonds is 5. The van der Waals surface area contributed by atoms with Gasteiger partial charge in [0.1, 0.15) is 0 Å². The third kappa shape index (κ3) is 4.71. The molecule has 0 radical (unpaired) electrons. The van der Waals surface area contributed by atoms with E-state index in [0.29, 0.717) is 16.5 Å². The molecule has 0 bridgehead atoms. The fraction of sp³-hybridized carbons (Fsp3) is 0.300. The first-order valence-electron chi connectivity index (χ1n) is 9.58.